The number of carbonyl (C=O) groups excluding carboxylic acids is 2. The third-order valence-corrected chi connectivity index (χ3v) is 4.43. The van der Waals surface area contributed by atoms with Gasteiger partial charge in [0.25, 0.3) is 0 Å². The van der Waals surface area contributed by atoms with Gasteiger partial charge in [0.15, 0.2) is 0 Å². The quantitative estimate of drug-likeness (QED) is 0.522. The van der Waals surface area contributed by atoms with E-state index < -0.39 is 5.97 Å². The van der Waals surface area contributed by atoms with E-state index in [-0.39, 0.29) is 11.8 Å². The molecule has 0 spiro atoms. The molecule has 2 N–H and O–H groups in total. The number of benzene rings is 2. The van der Waals surface area contributed by atoms with Crippen molar-refractivity contribution in [2.75, 3.05) is 6.61 Å². The Labute approximate surface area is 164 Å². The molecule has 0 saturated carbocycles. The number of carboxylic acids is 1. The third kappa shape index (κ3) is 7.02. The predicted octanol–water partition coefficient (Wildman–Crippen LogP) is 4.31. The zero-order valence-electron chi connectivity index (χ0n) is 16.2. The number of carboxylic acid groups (broad SMARTS) is 1. The molecule has 0 unspecified atom stereocenters. The number of carbonyl (C=O) groups is 3. The van der Waals surface area contributed by atoms with Gasteiger partial charge < -0.3 is 9.84 Å². The molecule has 1 aliphatic heterocycles. The Balaban J connectivity index is 0.000000336. The highest BCUT2D eigenvalue weighted by atomic mass is 16.5. The molecule has 0 aliphatic carbocycles. The highest BCUT2D eigenvalue weighted by molar-refractivity contribution is 6.01. The first-order valence-corrected chi connectivity index (χ1v) is 9.72. The van der Waals surface area contributed by atoms with Gasteiger partial charge in [-0.3, -0.25) is 14.9 Å². The molecule has 2 aromatic carbocycles. The van der Waals surface area contributed by atoms with Crippen LogP contribution in [0.4, 0.5) is 0 Å². The minimum absolute atomic E-state index is 0.148. The van der Waals surface area contributed by atoms with Crippen LogP contribution < -0.4 is 10.1 Å². The van der Waals surface area contributed by atoms with E-state index in [1.807, 2.05) is 24.3 Å². The van der Waals surface area contributed by atoms with Gasteiger partial charge in [0, 0.05) is 12.8 Å². The summed E-state index contributed by atoms with van der Waals surface area (Å²) in [5.41, 5.74) is 0.312. The number of rotatable bonds is 8. The molecule has 0 bridgehead atoms. The van der Waals surface area contributed by atoms with E-state index in [0.29, 0.717) is 18.4 Å². The van der Waals surface area contributed by atoms with E-state index >= 15 is 0 Å². The van der Waals surface area contributed by atoms with Gasteiger partial charge in [-0.2, -0.15) is 0 Å². The molecule has 1 saturated heterocycles. The summed E-state index contributed by atoms with van der Waals surface area (Å²) >= 11 is 0. The third-order valence-electron chi connectivity index (χ3n) is 4.43. The van der Waals surface area contributed by atoms with E-state index in [4.69, 9.17) is 9.84 Å². The van der Waals surface area contributed by atoms with E-state index in [1.165, 1.54) is 25.7 Å². The monoisotopic (exact) mass is 385 g/mol. The maximum atomic E-state index is 10.9. The molecule has 2 amide bonds. The summed E-state index contributed by atoms with van der Waals surface area (Å²) in [4.78, 5) is 31.2. The smallest absolute Gasteiger partial charge is 0.335 e. The maximum absolute atomic E-state index is 10.9. The summed E-state index contributed by atoms with van der Waals surface area (Å²) in [5, 5.41) is 13.0. The zero-order chi connectivity index (χ0) is 20.4. The first kappa shape index (κ1) is 21.4. The van der Waals surface area contributed by atoms with Crippen molar-refractivity contribution in [2.45, 2.75) is 51.9 Å². The fraction of sp³-hybridized carbons (Fsp3) is 0.409. The predicted molar refractivity (Wildman–Crippen MR) is 108 cm³/mol. The summed E-state index contributed by atoms with van der Waals surface area (Å²) in [6.07, 6.45) is 6.86. The first-order valence-electron chi connectivity index (χ1n) is 9.72. The number of hydrogen-bond acceptors (Lipinski definition) is 4. The lowest BCUT2D eigenvalue weighted by atomic mass is 10.1. The first-order chi connectivity index (χ1) is 13.5. The van der Waals surface area contributed by atoms with Gasteiger partial charge in [-0.15, -0.1) is 0 Å². The number of ether oxygens (including phenoxy) is 1. The average molecular weight is 385 g/mol. The molecular weight excluding hydrogens is 358 g/mol. The molecule has 3 rings (SSSR count). The molecule has 28 heavy (non-hydrogen) atoms. The van der Waals surface area contributed by atoms with Gasteiger partial charge in [-0.1, -0.05) is 44.7 Å². The molecule has 1 heterocycles. The van der Waals surface area contributed by atoms with Crippen LogP contribution in [0.1, 0.15) is 62.2 Å². The van der Waals surface area contributed by atoms with Crippen molar-refractivity contribution in [3.05, 3.63) is 42.0 Å². The molecule has 6 heteroatoms. The molecule has 150 valence electrons. The van der Waals surface area contributed by atoms with Crippen LogP contribution in [0.5, 0.6) is 5.75 Å². The van der Waals surface area contributed by atoms with Crippen LogP contribution in [0.15, 0.2) is 36.4 Å². The van der Waals surface area contributed by atoms with Crippen LogP contribution >= 0.6 is 0 Å². The number of nitrogens with one attached hydrogen (secondary N) is 1. The van der Waals surface area contributed by atoms with Gasteiger partial charge >= 0.3 is 5.97 Å². The lowest BCUT2D eigenvalue weighted by Gasteiger charge is -2.07. The Kier molecular flexibility index (Phi) is 8.46. The molecular formula is C22H27NO5. The minimum Gasteiger partial charge on any atom is -0.494 e. The number of imide groups is 1. The second-order valence-corrected chi connectivity index (χ2v) is 6.76. The van der Waals surface area contributed by atoms with Crippen molar-refractivity contribution in [3.8, 4) is 5.75 Å². The van der Waals surface area contributed by atoms with Crippen molar-refractivity contribution in [1.29, 1.82) is 0 Å². The fourth-order valence-corrected chi connectivity index (χ4v) is 2.85. The van der Waals surface area contributed by atoms with Crippen LogP contribution in [0.2, 0.25) is 0 Å². The number of aromatic carboxylic acids is 1. The average Bonchev–Trinajstić information content (AvgIpc) is 3.07. The van der Waals surface area contributed by atoms with Gasteiger partial charge in [-0.25, -0.2) is 4.79 Å². The van der Waals surface area contributed by atoms with E-state index in [2.05, 4.69) is 12.2 Å². The fourth-order valence-electron chi connectivity index (χ4n) is 2.85. The van der Waals surface area contributed by atoms with Crippen molar-refractivity contribution < 1.29 is 24.2 Å². The Morgan fingerprint density at radius 2 is 1.61 bits per heavy atom. The van der Waals surface area contributed by atoms with E-state index in [0.717, 1.165) is 29.5 Å². The van der Waals surface area contributed by atoms with Crippen molar-refractivity contribution >= 4 is 28.6 Å². The second kappa shape index (κ2) is 11.1. The van der Waals surface area contributed by atoms with Gasteiger partial charge in [-0.05, 0) is 41.5 Å². The SMILES string of the molecule is CCCCCCCOc1ccc2cc(C(=O)O)ccc2c1.O=C1CCC(=O)N1. The lowest BCUT2D eigenvalue weighted by Crippen LogP contribution is -2.18. The molecule has 1 fully saturated rings. The summed E-state index contributed by atoms with van der Waals surface area (Å²) in [6.45, 7) is 2.95. The number of fused-ring (bicyclic) bond motifs is 1. The van der Waals surface area contributed by atoms with Crippen molar-refractivity contribution in [1.82, 2.24) is 5.32 Å². The van der Waals surface area contributed by atoms with Crippen molar-refractivity contribution in [3.63, 3.8) is 0 Å². The lowest BCUT2D eigenvalue weighted by molar-refractivity contribution is -0.124. The summed E-state index contributed by atoms with van der Waals surface area (Å²) in [5.74, 6) is -0.347. The van der Waals surface area contributed by atoms with Crippen LogP contribution in [0.25, 0.3) is 10.8 Å². The highest BCUT2D eigenvalue weighted by Crippen LogP contribution is 2.22. The van der Waals surface area contributed by atoms with Gasteiger partial charge in [0.2, 0.25) is 11.8 Å². The van der Waals surface area contributed by atoms with Crippen molar-refractivity contribution in [2.24, 2.45) is 0 Å². The molecule has 2 aromatic rings. The number of hydrogen-bond donors (Lipinski definition) is 2. The Hall–Kier alpha value is -2.89. The van der Waals surface area contributed by atoms with Crippen LogP contribution in [-0.2, 0) is 9.59 Å². The second-order valence-electron chi connectivity index (χ2n) is 6.76. The normalized spacial score (nSPS) is 13.0. The molecule has 0 radical (unpaired) electrons. The standard InChI is InChI=1S/C18H22O3.C4H5NO2/c1-2-3-4-5-6-11-21-17-10-9-14-12-16(18(19)20)8-7-15(14)13-17;6-3-1-2-4(7)5-3/h7-10,12-13H,2-6,11H2,1H3,(H,19,20);1-2H2,(H,5,6,7). The minimum atomic E-state index is -0.899. The van der Waals surface area contributed by atoms with Crippen LogP contribution in [0.3, 0.4) is 0 Å². The molecule has 0 aromatic heterocycles. The Bertz CT molecular complexity index is 817. The topological polar surface area (TPSA) is 92.7 Å². The highest BCUT2D eigenvalue weighted by Gasteiger charge is 2.15. The largest absolute Gasteiger partial charge is 0.494 e. The maximum Gasteiger partial charge on any atom is 0.335 e. The summed E-state index contributed by atoms with van der Waals surface area (Å²) < 4.78 is 5.76. The molecule has 0 atom stereocenters. The Morgan fingerprint density at radius 1 is 0.964 bits per heavy atom. The summed E-state index contributed by atoms with van der Waals surface area (Å²) in [7, 11) is 0. The van der Waals surface area contributed by atoms with Crippen LogP contribution in [-0.4, -0.2) is 29.5 Å². The molecule has 1 aliphatic rings. The molecule has 6 nitrogen and oxygen atoms in total. The number of amides is 2. The van der Waals surface area contributed by atoms with E-state index in [1.54, 1.807) is 12.1 Å². The zero-order valence-corrected chi connectivity index (χ0v) is 16.2. The summed E-state index contributed by atoms with van der Waals surface area (Å²) in [6, 6.07) is 10.9. The Morgan fingerprint density at radius 3 is 2.21 bits per heavy atom. The van der Waals surface area contributed by atoms with Gasteiger partial charge in [0.1, 0.15) is 5.75 Å². The van der Waals surface area contributed by atoms with E-state index in [9.17, 15) is 14.4 Å². The van der Waals surface area contributed by atoms with Gasteiger partial charge in [0.05, 0.1) is 12.2 Å². The number of unbranched alkanes of at least 4 members (excludes halogenated alkanes) is 4. The van der Waals surface area contributed by atoms with Crippen LogP contribution in [0, 0.1) is 0 Å².